The monoisotopic (exact) mass is 590 g/mol. The predicted molar refractivity (Wildman–Crippen MR) is 173 cm³/mol. The fourth-order valence-electron chi connectivity index (χ4n) is 5.34. The largest absolute Gasteiger partial charge is 0.340 e. The summed E-state index contributed by atoms with van der Waals surface area (Å²) >= 11 is 12.6. The van der Waals surface area contributed by atoms with Crippen LogP contribution in [-0.4, -0.2) is 21.3 Å². The van der Waals surface area contributed by atoms with E-state index < -0.39 is 0 Å². The van der Waals surface area contributed by atoms with Crippen molar-refractivity contribution in [2.45, 2.75) is 20.4 Å². The highest BCUT2D eigenvalue weighted by Crippen LogP contribution is 2.29. The minimum Gasteiger partial charge on any atom is -0.340 e. The molecule has 0 aliphatic rings. The molecule has 0 saturated heterocycles. The lowest BCUT2D eigenvalue weighted by atomic mass is 10.1. The maximum absolute atomic E-state index is 13.0. The highest BCUT2D eigenvalue weighted by Gasteiger charge is 2.15. The van der Waals surface area contributed by atoms with Crippen molar-refractivity contribution in [3.05, 3.63) is 147 Å². The number of benzene rings is 4. The number of carbonyl (C=O) groups excluding carboxylic acids is 1. The maximum Gasteiger partial charge on any atom is 0.271 e. The summed E-state index contributed by atoms with van der Waals surface area (Å²) in [6.07, 6.45) is 1.71. The number of aryl methyl sites for hydroxylation is 1. The number of para-hydroxylation sites is 1. The number of halogens is 2. The Labute approximate surface area is 254 Å². The first-order valence-corrected chi connectivity index (χ1v) is 14.4. The van der Waals surface area contributed by atoms with Gasteiger partial charge in [-0.05, 0) is 79.6 Å². The number of nitrogens with zero attached hydrogens (tertiary/aromatic N) is 3. The van der Waals surface area contributed by atoms with Gasteiger partial charge in [-0.1, -0.05) is 77.8 Å². The third-order valence-corrected chi connectivity index (χ3v) is 8.10. The Balaban J connectivity index is 1.22. The molecule has 0 aliphatic heterocycles. The molecule has 0 spiro atoms. The molecule has 0 fully saturated rings. The number of aromatic nitrogens is 2. The van der Waals surface area contributed by atoms with E-state index in [0.717, 1.165) is 50.4 Å². The third kappa shape index (κ3) is 5.37. The van der Waals surface area contributed by atoms with Crippen molar-refractivity contribution in [2.75, 3.05) is 0 Å². The maximum atomic E-state index is 13.0. The lowest BCUT2D eigenvalue weighted by Crippen LogP contribution is -2.17. The SMILES string of the molecule is Cc1ccc(-c2ccccc2)n1-c1ccc(C(=O)N/N=C/c2c(C)n(Cc3ccc(Cl)cc3Cl)c3ccccc23)cc1. The van der Waals surface area contributed by atoms with Crippen LogP contribution in [0.5, 0.6) is 0 Å². The van der Waals surface area contributed by atoms with Crippen molar-refractivity contribution >= 4 is 46.2 Å². The molecule has 5 nitrogen and oxygen atoms in total. The Morgan fingerprint density at radius 3 is 2.36 bits per heavy atom. The van der Waals surface area contributed by atoms with Gasteiger partial charge < -0.3 is 9.13 Å². The highest BCUT2D eigenvalue weighted by molar-refractivity contribution is 6.35. The number of carbonyl (C=O) groups is 1. The Morgan fingerprint density at radius 1 is 0.857 bits per heavy atom. The van der Waals surface area contributed by atoms with Gasteiger partial charge in [0.2, 0.25) is 0 Å². The number of rotatable bonds is 7. The number of hydrogen-bond donors (Lipinski definition) is 1. The molecule has 0 radical (unpaired) electrons. The van der Waals surface area contributed by atoms with E-state index in [1.807, 2.05) is 73.7 Å². The molecule has 0 aliphatic carbocycles. The molecule has 6 aromatic rings. The van der Waals surface area contributed by atoms with E-state index in [1.54, 1.807) is 12.3 Å². The highest BCUT2D eigenvalue weighted by atomic mass is 35.5. The molecular formula is C35H28Cl2N4O. The molecule has 6 rings (SSSR count). The van der Waals surface area contributed by atoms with Crippen molar-refractivity contribution in [2.24, 2.45) is 5.10 Å². The summed E-state index contributed by atoms with van der Waals surface area (Å²) in [6, 6.07) is 35.7. The third-order valence-electron chi connectivity index (χ3n) is 7.52. The first kappa shape index (κ1) is 27.6. The van der Waals surface area contributed by atoms with E-state index in [1.165, 1.54) is 0 Å². The standard InChI is InChI=1S/C35H28Cl2N4O/c1-23-12-19-33(25-8-4-3-5-9-25)41(23)29-17-14-26(15-18-29)35(42)39-38-21-31-24(2)40(34-11-7-6-10-30(31)34)22-27-13-16-28(36)20-32(27)37/h3-21H,22H2,1-2H3,(H,39,42)/b38-21+. The average Bonchev–Trinajstić information content (AvgIpc) is 3.52. The van der Waals surface area contributed by atoms with E-state index in [0.29, 0.717) is 22.2 Å². The van der Waals surface area contributed by atoms with Gasteiger partial charge in [0.05, 0.1) is 11.9 Å². The topological polar surface area (TPSA) is 51.3 Å². The smallest absolute Gasteiger partial charge is 0.271 e. The first-order valence-electron chi connectivity index (χ1n) is 13.6. The van der Waals surface area contributed by atoms with Gasteiger partial charge in [0.1, 0.15) is 0 Å². The number of nitrogens with one attached hydrogen (secondary N) is 1. The van der Waals surface area contributed by atoms with Gasteiger partial charge in [0.15, 0.2) is 0 Å². The van der Waals surface area contributed by atoms with Gasteiger partial charge >= 0.3 is 0 Å². The fraction of sp³-hybridized carbons (Fsp3) is 0.0857. The normalized spacial score (nSPS) is 11.4. The van der Waals surface area contributed by atoms with E-state index in [4.69, 9.17) is 23.2 Å². The van der Waals surface area contributed by atoms with Crippen molar-refractivity contribution in [3.8, 4) is 16.9 Å². The molecule has 208 valence electrons. The van der Waals surface area contributed by atoms with Gasteiger partial charge in [-0.25, -0.2) is 5.43 Å². The molecule has 0 atom stereocenters. The van der Waals surface area contributed by atoms with Crippen LogP contribution in [0.2, 0.25) is 10.0 Å². The molecule has 2 heterocycles. The van der Waals surface area contributed by atoms with E-state index in [2.05, 4.69) is 63.0 Å². The van der Waals surface area contributed by atoms with Gasteiger partial charge in [-0.2, -0.15) is 5.10 Å². The molecule has 1 amide bonds. The number of amides is 1. The molecule has 42 heavy (non-hydrogen) atoms. The van der Waals surface area contributed by atoms with Gasteiger partial charge in [0, 0.05) is 55.7 Å². The summed E-state index contributed by atoms with van der Waals surface area (Å²) in [7, 11) is 0. The second-order valence-corrected chi connectivity index (χ2v) is 11.0. The van der Waals surface area contributed by atoms with E-state index in [-0.39, 0.29) is 5.91 Å². The molecular weight excluding hydrogens is 563 g/mol. The van der Waals surface area contributed by atoms with Gasteiger partial charge in [-0.3, -0.25) is 4.79 Å². The quantitative estimate of drug-likeness (QED) is 0.146. The molecule has 0 unspecified atom stereocenters. The molecule has 2 aromatic heterocycles. The van der Waals surface area contributed by atoms with Gasteiger partial charge in [0.25, 0.3) is 5.91 Å². The minimum absolute atomic E-state index is 0.278. The molecule has 7 heteroatoms. The summed E-state index contributed by atoms with van der Waals surface area (Å²) in [6.45, 7) is 4.70. The Kier molecular flexibility index (Phi) is 7.70. The van der Waals surface area contributed by atoms with Crippen LogP contribution in [0.1, 0.15) is 32.9 Å². The Morgan fingerprint density at radius 2 is 1.60 bits per heavy atom. The zero-order chi connectivity index (χ0) is 29.2. The Hall–Kier alpha value is -4.58. The number of hydrogen-bond acceptors (Lipinski definition) is 2. The zero-order valence-electron chi connectivity index (χ0n) is 23.2. The number of fused-ring (bicyclic) bond motifs is 1. The molecule has 1 N–H and O–H groups in total. The van der Waals surface area contributed by atoms with Crippen molar-refractivity contribution in [3.63, 3.8) is 0 Å². The van der Waals surface area contributed by atoms with Crippen LogP contribution in [0.15, 0.2) is 114 Å². The lowest BCUT2D eigenvalue weighted by Gasteiger charge is -2.12. The summed E-state index contributed by atoms with van der Waals surface area (Å²) in [4.78, 5) is 13.0. The van der Waals surface area contributed by atoms with E-state index in [9.17, 15) is 4.79 Å². The second-order valence-electron chi connectivity index (χ2n) is 10.1. The van der Waals surface area contributed by atoms with Crippen molar-refractivity contribution in [1.82, 2.24) is 14.6 Å². The van der Waals surface area contributed by atoms with Crippen LogP contribution in [0.4, 0.5) is 0 Å². The zero-order valence-corrected chi connectivity index (χ0v) is 24.7. The molecule has 4 aromatic carbocycles. The summed E-state index contributed by atoms with van der Waals surface area (Å²) in [5, 5.41) is 6.60. The van der Waals surface area contributed by atoms with Crippen molar-refractivity contribution < 1.29 is 4.79 Å². The Bertz CT molecular complexity index is 1940. The van der Waals surface area contributed by atoms with Crippen LogP contribution in [0.3, 0.4) is 0 Å². The number of hydrazone groups is 1. The summed E-state index contributed by atoms with van der Waals surface area (Å²) in [5.74, 6) is -0.278. The van der Waals surface area contributed by atoms with Crippen molar-refractivity contribution in [1.29, 1.82) is 0 Å². The van der Waals surface area contributed by atoms with Crippen LogP contribution >= 0.6 is 23.2 Å². The van der Waals surface area contributed by atoms with E-state index >= 15 is 0 Å². The lowest BCUT2D eigenvalue weighted by molar-refractivity contribution is 0.0955. The molecule has 0 bridgehead atoms. The minimum atomic E-state index is -0.278. The van der Waals surface area contributed by atoms with Gasteiger partial charge in [-0.15, -0.1) is 0 Å². The van der Waals surface area contributed by atoms with Crippen LogP contribution in [0.25, 0.3) is 27.8 Å². The van der Waals surface area contributed by atoms with Crippen LogP contribution < -0.4 is 5.43 Å². The van der Waals surface area contributed by atoms with Crippen LogP contribution in [-0.2, 0) is 6.54 Å². The van der Waals surface area contributed by atoms with Crippen LogP contribution in [0, 0.1) is 13.8 Å². The first-order chi connectivity index (χ1) is 20.4. The summed E-state index contributed by atoms with van der Waals surface area (Å²) in [5.41, 5.74) is 11.5. The predicted octanol–water partition coefficient (Wildman–Crippen LogP) is 8.83. The average molecular weight is 592 g/mol. The fourth-order valence-corrected chi connectivity index (χ4v) is 5.81. The summed E-state index contributed by atoms with van der Waals surface area (Å²) < 4.78 is 4.38. The molecule has 0 saturated carbocycles. The second kappa shape index (κ2) is 11.7.